The number of hydrogen-bond donors (Lipinski definition) is 2. The first-order valence-electron chi connectivity index (χ1n) is 4.92. The minimum atomic E-state index is -0.831. The van der Waals surface area contributed by atoms with E-state index < -0.39 is 6.10 Å². The number of halogens is 2. The van der Waals surface area contributed by atoms with Crippen LogP contribution in [0.25, 0.3) is 0 Å². The van der Waals surface area contributed by atoms with Gasteiger partial charge < -0.3 is 10.4 Å². The molecule has 15 heavy (non-hydrogen) atoms. The summed E-state index contributed by atoms with van der Waals surface area (Å²) in [6.45, 7) is 4.52. The molecule has 0 bridgehead atoms. The molecular formula is C11H15BrFNO. The zero-order valence-electron chi connectivity index (χ0n) is 8.80. The van der Waals surface area contributed by atoms with E-state index >= 15 is 0 Å². The molecule has 1 rings (SSSR count). The largest absolute Gasteiger partial charge is 0.387 e. The Balaban J connectivity index is 2.89. The Kier molecular flexibility index (Phi) is 4.70. The van der Waals surface area contributed by atoms with E-state index in [1.807, 2.05) is 13.8 Å². The van der Waals surface area contributed by atoms with E-state index in [1.54, 1.807) is 12.1 Å². The van der Waals surface area contributed by atoms with Crippen LogP contribution in [0.1, 0.15) is 25.5 Å². The lowest BCUT2D eigenvalue weighted by molar-refractivity contribution is 0.133. The predicted molar refractivity (Wildman–Crippen MR) is 62.2 cm³/mol. The van der Waals surface area contributed by atoms with Crippen LogP contribution in [0.15, 0.2) is 22.7 Å². The minimum Gasteiger partial charge on any atom is -0.387 e. The van der Waals surface area contributed by atoms with Crippen molar-refractivity contribution >= 4 is 15.9 Å². The van der Waals surface area contributed by atoms with Gasteiger partial charge in [0.05, 0.1) is 6.10 Å². The number of nitrogens with one attached hydrogen (secondary N) is 1. The lowest BCUT2D eigenvalue weighted by Crippen LogP contribution is -2.32. The highest BCUT2D eigenvalue weighted by atomic mass is 79.9. The maximum absolute atomic E-state index is 13.4. The van der Waals surface area contributed by atoms with Crippen LogP contribution >= 0.6 is 15.9 Å². The van der Waals surface area contributed by atoms with Gasteiger partial charge >= 0.3 is 0 Å². The van der Waals surface area contributed by atoms with Gasteiger partial charge in [-0.15, -0.1) is 0 Å². The monoisotopic (exact) mass is 275 g/mol. The number of hydrogen-bond acceptors (Lipinski definition) is 2. The van der Waals surface area contributed by atoms with Gasteiger partial charge in [-0.3, -0.25) is 0 Å². The van der Waals surface area contributed by atoms with Gasteiger partial charge in [0.15, 0.2) is 0 Å². The first kappa shape index (κ1) is 12.6. The fourth-order valence-electron chi connectivity index (χ4n) is 1.44. The summed E-state index contributed by atoms with van der Waals surface area (Å²) in [4.78, 5) is 0. The SMILES string of the molecule is CCNC(C)C(O)c1cc(Br)ccc1F. The Morgan fingerprint density at radius 2 is 2.20 bits per heavy atom. The summed E-state index contributed by atoms with van der Waals surface area (Å²) in [5.74, 6) is -0.379. The minimum absolute atomic E-state index is 0.168. The molecule has 0 amide bonds. The molecule has 0 aromatic heterocycles. The molecule has 0 saturated heterocycles. The fraction of sp³-hybridized carbons (Fsp3) is 0.455. The van der Waals surface area contributed by atoms with Crippen molar-refractivity contribution < 1.29 is 9.50 Å². The van der Waals surface area contributed by atoms with Crippen molar-refractivity contribution in [3.8, 4) is 0 Å². The quantitative estimate of drug-likeness (QED) is 0.886. The Bertz CT molecular complexity index is 332. The molecule has 1 aromatic carbocycles. The van der Waals surface area contributed by atoms with Gasteiger partial charge in [-0.1, -0.05) is 22.9 Å². The molecule has 0 spiro atoms. The van der Waals surface area contributed by atoms with E-state index in [1.165, 1.54) is 6.07 Å². The molecule has 0 heterocycles. The average molecular weight is 276 g/mol. The van der Waals surface area contributed by atoms with Gasteiger partial charge in [-0.25, -0.2) is 4.39 Å². The van der Waals surface area contributed by atoms with Crippen LogP contribution in [0.5, 0.6) is 0 Å². The van der Waals surface area contributed by atoms with Gasteiger partial charge in [-0.2, -0.15) is 0 Å². The molecule has 2 nitrogen and oxygen atoms in total. The molecule has 0 saturated carbocycles. The molecule has 84 valence electrons. The summed E-state index contributed by atoms with van der Waals surface area (Å²) in [5.41, 5.74) is 0.317. The molecule has 0 radical (unpaired) electrons. The van der Waals surface area contributed by atoms with Crippen LogP contribution in [-0.4, -0.2) is 17.7 Å². The van der Waals surface area contributed by atoms with Gasteiger partial charge in [0.1, 0.15) is 5.82 Å². The number of rotatable bonds is 4. The Morgan fingerprint density at radius 1 is 1.53 bits per heavy atom. The van der Waals surface area contributed by atoms with Crippen molar-refractivity contribution in [3.63, 3.8) is 0 Å². The summed E-state index contributed by atoms with van der Waals surface area (Å²) in [7, 11) is 0. The predicted octanol–water partition coefficient (Wildman–Crippen LogP) is 2.62. The van der Waals surface area contributed by atoms with E-state index in [0.29, 0.717) is 5.56 Å². The van der Waals surface area contributed by atoms with Crippen molar-refractivity contribution in [2.24, 2.45) is 0 Å². The number of benzene rings is 1. The standard InChI is InChI=1S/C11H15BrFNO/c1-3-14-7(2)11(15)9-6-8(12)4-5-10(9)13/h4-7,11,14-15H,3H2,1-2H3. The van der Waals surface area contributed by atoms with Crippen molar-refractivity contribution in [2.75, 3.05) is 6.54 Å². The summed E-state index contributed by atoms with van der Waals surface area (Å²) < 4.78 is 14.2. The second-order valence-corrected chi connectivity index (χ2v) is 4.37. The topological polar surface area (TPSA) is 32.3 Å². The molecular weight excluding hydrogens is 261 g/mol. The highest BCUT2D eigenvalue weighted by Crippen LogP contribution is 2.23. The van der Waals surface area contributed by atoms with E-state index in [4.69, 9.17) is 0 Å². The summed E-state index contributed by atoms with van der Waals surface area (Å²) in [5, 5.41) is 13.0. The van der Waals surface area contributed by atoms with Crippen LogP contribution in [0.2, 0.25) is 0 Å². The first-order chi connectivity index (χ1) is 7.06. The molecule has 0 fully saturated rings. The van der Waals surface area contributed by atoms with Gasteiger partial charge in [0.2, 0.25) is 0 Å². The summed E-state index contributed by atoms with van der Waals surface area (Å²) in [6.07, 6.45) is -0.831. The van der Waals surface area contributed by atoms with Crippen LogP contribution < -0.4 is 5.32 Å². The van der Waals surface area contributed by atoms with E-state index in [0.717, 1.165) is 11.0 Å². The maximum atomic E-state index is 13.4. The van der Waals surface area contributed by atoms with Crippen molar-refractivity contribution in [3.05, 3.63) is 34.1 Å². The highest BCUT2D eigenvalue weighted by molar-refractivity contribution is 9.10. The third kappa shape index (κ3) is 3.26. The maximum Gasteiger partial charge on any atom is 0.129 e. The second kappa shape index (κ2) is 5.58. The summed E-state index contributed by atoms with van der Waals surface area (Å²) >= 11 is 3.25. The Hall–Kier alpha value is -0.450. The van der Waals surface area contributed by atoms with Crippen LogP contribution in [0, 0.1) is 5.82 Å². The second-order valence-electron chi connectivity index (χ2n) is 3.46. The molecule has 0 aliphatic heterocycles. The van der Waals surface area contributed by atoms with Crippen molar-refractivity contribution in [2.45, 2.75) is 26.0 Å². The molecule has 2 unspecified atom stereocenters. The number of aliphatic hydroxyl groups excluding tert-OH is 1. The summed E-state index contributed by atoms with van der Waals surface area (Å²) in [6, 6.07) is 4.40. The molecule has 0 aliphatic rings. The number of likely N-dealkylation sites (N-methyl/N-ethyl adjacent to an activating group) is 1. The van der Waals surface area contributed by atoms with Crippen LogP contribution in [-0.2, 0) is 0 Å². The fourth-order valence-corrected chi connectivity index (χ4v) is 1.82. The molecule has 4 heteroatoms. The van der Waals surface area contributed by atoms with Gasteiger partial charge in [0, 0.05) is 16.1 Å². The first-order valence-corrected chi connectivity index (χ1v) is 5.72. The highest BCUT2D eigenvalue weighted by Gasteiger charge is 2.18. The Morgan fingerprint density at radius 3 is 2.80 bits per heavy atom. The zero-order chi connectivity index (χ0) is 11.4. The van der Waals surface area contributed by atoms with E-state index in [-0.39, 0.29) is 11.9 Å². The molecule has 0 aliphatic carbocycles. The molecule has 2 atom stereocenters. The van der Waals surface area contributed by atoms with Crippen LogP contribution in [0.3, 0.4) is 0 Å². The van der Waals surface area contributed by atoms with E-state index in [9.17, 15) is 9.50 Å². The third-order valence-corrected chi connectivity index (χ3v) is 2.77. The third-order valence-electron chi connectivity index (χ3n) is 2.28. The van der Waals surface area contributed by atoms with Gasteiger partial charge in [0.25, 0.3) is 0 Å². The molecule has 1 aromatic rings. The lowest BCUT2D eigenvalue weighted by Gasteiger charge is -2.20. The number of aliphatic hydroxyl groups is 1. The van der Waals surface area contributed by atoms with Crippen LogP contribution in [0.4, 0.5) is 4.39 Å². The van der Waals surface area contributed by atoms with E-state index in [2.05, 4.69) is 21.2 Å². The Labute approximate surface area is 97.6 Å². The normalized spacial score (nSPS) is 15.0. The lowest BCUT2D eigenvalue weighted by atomic mass is 10.0. The van der Waals surface area contributed by atoms with Gasteiger partial charge in [-0.05, 0) is 31.7 Å². The van der Waals surface area contributed by atoms with Crippen molar-refractivity contribution in [1.29, 1.82) is 0 Å². The average Bonchev–Trinajstić information content (AvgIpc) is 2.21. The van der Waals surface area contributed by atoms with Crippen molar-refractivity contribution in [1.82, 2.24) is 5.32 Å². The smallest absolute Gasteiger partial charge is 0.129 e. The molecule has 2 N–H and O–H groups in total. The zero-order valence-corrected chi connectivity index (χ0v) is 10.4.